The molecule has 2 N–H and O–H groups in total. The van der Waals surface area contributed by atoms with E-state index in [1.54, 1.807) is 25.8 Å². The van der Waals surface area contributed by atoms with E-state index in [0.717, 1.165) is 6.07 Å². The second-order valence-electron chi connectivity index (χ2n) is 9.70. The number of pyridine rings is 2. The number of alkyl halides is 2. The number of likely N-dealkylation sites (tertiary alicyclic amines) is 1. The molecule has 0 spiro atoms. The quantitative estimate of drug-likeness (QED) is 0.484. The number of carbonyl (C=O) groups excluding carboxylic acids is 1. The number of nitrogens with one attached hydrogen (secondary N) is 1. The fraction of sp³-hybridized carbons (Fsp3) is 0.393. The van der Waals surface area contributed by atoms with Crippen LogP contribution in [-0.4, -0.2) is 38.6 Å². The molecule has 3 heterocycles. The zero-order valence-electron chi connectivity index (χ0n) is 21.6. The summed E-state index contributed by atoms with van der Waals surface area (Å²) in [5, 5.41) is 15.0. The third-order valence-corrected chi connectivity index (χ3v) is 7.34. The molecular formula is C28H29F3N4O3. The molecule has 0 unspecified atom stereocenters. The van der Waals surface area contributed by atoms with Gasteiger partial charge < -0.3 is 19.9 Å². The second-order valence-corrected chi connectivity index (χ2v) is 9.70. The minimum absolute atomic E-state index is 0.0247. The number of fused-ring (bicyclic) bond motifs is 1. The van der Waals surface area contributed by atoms with Crippen LogP contribution in [0.5, 0.6) is 0 Å². The predicted molar refractivity (Wildman–Crippen MR) is 138 cm³/mol. The summed E-state index contributed by atoms with van der Waals surface area (Å²) in [7, 11) is 1.54. The summed E-state index contributed by atoms with van der Waals surface area (Å²) in [4.78, 5) is 31.4. The van der Waals surface area contributed by atoms with Gasteiger partial charge >= 0.3 is 0 Å². The molecule has 10 heteroatoms. The molecule has 38 heavy (non-hydrogen) atoms. The lowest BCUT2D eigenvalue weighted by atomic mass is 9.84. The Morgan fingerprint density at radius 2 is 1.89 bits per heavy atom. The summed E-state index contributed by atoms with van der Waals surface area (Å²) in [5.74, 6) is 1.71. The number of rotatable bonds is 5. The van der Waals surface area contributed by atoms with Crippen molar-refractivity contribution in [2.45, 2.75) is 51.7 Å². The first-order valence-corrected chi connectivity index (χ1v) is 12.2. The Morgan fingerprint density at radius 3 is 2.47 bits per heavy atom. The highest BCUT2D eigenvalue weighted by molar-refractivity contribution is 5.94. The maximum Gasteiger partial charge on any atom is 0.266 e. The molecule has 1 aromatic carbocycles. The monoisotopic (exact) mass is 526 g/mol. The summed E-state index contributed by atoms with van der Waals surface area (Å²) in [6.45, 7) is 5.31. The third-order valence-electron chi connectivity index (χ3n) is 7.34. The summed E-state index contributed by atoms with van der Waals surface area (Å²) >= 11 is 0. The number of anilines is 1. The topological polar surface area (TPSA) is 87.5 Å². The largest absolute Gasteiger partial charge is 0.385 e. The molecule has 7 nitrogen and oxygen atoms in total. The zero-order chi connectivity index (χ0) is 27.9. The van der Waals surface area contributed by atoms with E-state index in [1.165, 1.54) is 29.7 Å². The Bertz CT molecular complexity index is 1520. The first-order valence-electron chi connectivity index (χ1n) is 12.2. The van der Waals surface area contributed by atoms with Gasteiger partial charge in [-0.25, -0.2) is 18.2 Å². The number of piperidine rings is 1. The lowest BCUT2D eigenvalue weighted by Gasteiger charge is -2.38. The average molecular weight is 527 g/mol. The van der Waals surface area contributed by atoms with Crippen LogP contribution in [-0.2, 0) is 17.4 Å². The van der Waals surface area contributed by atoms with E-state index in [2.05, 4.69) is 16.2 Å². The molecule has 1 atom stereocenters. The number of halogens is 3. The number of amides is 1. The molecule has 0 aliphatic carbocycles. The van der Waals surface area contributed by atoms with E-state index in [1.807, 2.05) is 0 Å². The summed E-state index contributed by atoms with van der Waals surface area (Å²) in [6.07, 6.45) is 3.13. The Hall–Kier alpha value is -3.84. The molecule has 1 aliphatic rings. The van der Waals surface area contributed by atoms with E-state index in [0.29, 0.717) is 22.2 Å². The van der Waals surface area contributed by atoms with Crippen LogP contribution in [0.15, 0.2) is 29.1 Å². The number of hydrogen-bond donors (Lipinski definition) is 2. The zero-order valence-corrected chi connectivity index (χ0v) is 21.6. The molecule has 4 rings (SSSR count). The smallest absolute Gasteiger partial charge is 0.266 e. The van der Waals surface area contributed by atoms with Gasteiger partial charge in [-0.1, -0.05) is 24.1 Å². The van der Waals surface area contributed by atoms with Crippen LogP contribution in [0.1, 0.15) is 67.1 Å². The van der Waals surface area contributed by atoms with Gasteiger partial charge in [0.15, 0.2) is 0 Å². The molecule has 0 bridgehead atoms. The summed E-state index contributed by atoms with van der Waals surface area (Å²) < 4.78 is 42.8. The summed E-state index contributed by atoms with van der Waals surface area (Å²) in [5.41, 5.74) is -1.25. The number of hydrogen-bond acceptors (Lipinski definition) is 5. The van der Waals surface area contributed by atoms with Crippen LogP contribution < -0.4 is 10.9 Å². The van der Waals surface area contributed by atoms with Gasteiger partial charge in [0.2, 0.25) is 5.91 Å². The molecule has 1 fully saturated rings. The minimum Gasteiger partial charge on any atom is -0.385 e. The minimum atomic E-state index is -2.97. The normalized spacial score (nSPS) is 15.9. The van der Waals surface area contributed by atoms with E-state index in [-0.39, 0.29) is 48.8 Å². The number of benzene rings is 1. The highest BCUT2D eigenvalue weighted by Crippen LogP contribution is 2.36. The Balaban J connectivity index is 1.87. The molecule has 1 aliphatic heterocycles. The van der Waals surface area contributed by atoms with Crippen molar-refractivity contribution >= 4 is 22.6 Å². The lowest BCUT2D eigenvalue weighted by molar-refractivity contribution is -0.133. The van der Waals surface area contributed by atoms with Crippen molar-refractivity contribution in [1.29, 1.82) is 0 Å². The predicted octanol–water partition coefficient (Wildman–Crippen LogP) is 4.30. The van der Waals surface area contributed by atoms with E-state index in [4.69, 9.17) is 6.42 Å². The van der Waals surface area contributed by atoms with Gasteiger partial charge in [-0.05, 0) is 32.8 Å². The molecule has 3 aromatic rings. The molecule has 0 saturated carbocycles. The summed E-state index contributed by atoms with van der Waals surface area (Å²) in [6, 6.07) is 4.57. The van der Waals surface area contributed by atoms with E-state index >= 15 is 0 Å². The van der Waals surface area contributed by atoms with Crippen molar-refractivity contribution in [2.24, 2.45) is 7.05 Å². The van der Waals surface area contributed by atoms with Crippen molar-refractivity contribution < 1.29 is 23.1 Å². The fourth-order valence-electron chi connectivity index (χ4n) is 5.11. The van der Waals surface area contributed by atoms with Gasteiger partial charge in [-0.15, -0.1) is 6.42 Å². The first-order chi connectivity index (χ1) is 17.9. The fourth-order valence-corrected chi connectivity index (χ4v) is 5.11. The number of aryl methyl sites for hydroxylation is 2. The van der Waals surface area contributed by atoms with Crippen LogP contribution in [0.2, 0.25) is 0 Å². The number of nitrogens with zero attached hydrogens (tertiary/aromatic N) is 3. The third kappa shape index (κ3) is 4.63. The maximum atomic E-state index is 14.9. The number of aliphatic hydroxyl groups is 1. The lowest BCUT2D eigenvalue weighted by Crippen LogP contribution is -2.47. The Labute approximate surface area is 218 Å². The SMILES string of the molecule is C#Cc1c(C)nc(N[C@H](C)c2cccc(C(F)F)c2F)c2cc(C3(O)CCN(C(C)=O)CC3)c(=O)n(C)c12. The van der Waals surface area contributed by atoms with E-state index in [9.17, 15) is 27.9 Å². The molecule has 0 radical (unpaired) electrons. The van der Waals surface area contributed by atoms with Crippen molar-refractivity contribution in [3.63, 3.8) is 0 Å². The maximum absolute atomic E-state index is 14.9. The second kappa shape index (κ2) is 10.1. The Morgan fingerprint density at radius 1 is 1.26 bits per heavy atom. The van der Waals surface area contributed by atoms with Crippen LogP contribution in [0, 0.1) is 25.1 Å². The molecule has 2 aromatic heterocycles. The highest BCUT2D eigenvalue weighted by atomic mass is 19.3. The number of carbonyl (C=O) groups is 1. The number of aromatic nitrogens is 2. The van der Waals surface area contributed by atoms with Crippen LogP contribution in [0.25, 0.3) is 10.9 Å². The van der Waals surface area contributed by atoms with Crippen molar-refractivity contribution in [1.82, 2.24) is 14.5 Å². The highest BCUT2D eigenvalue weighted by Gasteiger charge is 2.38. The van der Waals surface area contributed by atoms with Gasteiger partial charge in [-0.2, -0.15) is 0 Å². The molecule has 1 amide bonds. The van der Waals surface area contributed by atoms with Crippen LogP contribution in [0.3, 0.4) is 0 Å². The van der Waals surface area contributed by atoms with Crippen molar-refractivity contribution in [3.05, 3.63) is 68.4 Å². The van der Waals surface area contributed by atoms with Crippen LogP contribution in [0.4, 0.5) is 19.0 Å². The number of terminal acetylenes is 1. The van der Waals surface area contributed by atoms with Gasteiger partial charge in [0.1, 0.15) is 11.6 Å². The van der Waals surface area contributed by atoms with Crippen LogP contribution >= 0.6 is 0 Å². The molecule has 1 saturated heterocycles. The molecule has 200 valence electrons. The molecular weight excluding hydrogens is 497 g/mol. The van der Waals surface area contributed by atoms with Gasteiger partial charge in [0, 0.05) is 43.6 Å². The average Bonchev–Trinajstić information content (AvgIpc) is 2.86. The standard InChI is InChI=1S/C28H29F3N4O3/c1-6-18-15(2)32-26(33-16(3)19-8-7-9-20(23(19)29)25(30)31)21-14-22(27(37)34(5)24(18)21)28(38)10-12-35(13-11-28)17(4)36/h1,7-9,14,16,25,38H,10-13H2,2-5H3,(H,32,33)/t16-/m1/s1. The van der Waals surface area contributed by atoms with Crippen molar-refractivity contribution in [3.8, 4) is 12.3 Å². The first kappa shape index (κ1) is 27.2. The van der Waals surface area contributed by atoms with Crippen molar-refractivity contribution in [2.75, 3.05) is 18.4 Å². The Kier molecular flexibility index (Phi) is 7.26. The van der Waals surface area contributed by atoms with Gasteiger partial charge in [-0.3, -0.25) is 9.59 Å². The van der Waals surface area contributed by atoms with Gasteiger partial charge in [0.05, 0.1) is 34.0 Å². The van der Waals surface area contributed by atoms with E-state index < -0.39 is 35.0 Å². The van der Waals surface area contributed by atoms with Gasteiger partial charge in [0.25, 0.3) is 12.0 Å².